The van der Waals surface area contributed by atoms with Crippen LogP contribution in [0.1, 0.15) is 36.0 Å². The monoisotopic (exact) mass is 680 g/mol. The van der Waals surface area contributed by atoms with Crippen LogP contribution < -0.4 is 14.8 Å². The lowest BCUT2D eigenvalue weighted by Gasteiger charge is -2.41. The molecule has 0 saturated carbocycles. The molecule has 222 valence electrons. The number of halogens is 1. The third kappa shape index (κ3) is 7.58. The normalized spacial score (nSPS) is 22.1. The van der Waals surface area contributed by atoms with Gasteiger partial charge in [0.2, 0.25) is 5.91 Å². The van der Waals surface area contributed by atoms with E-state index in [4.69, 9.17) is 14.2 Å². The van der Waals surface area contributed by atoms with Gasteiger partial charge in [-0.15, -0.1) is 0 Å². The summed E-state index contributed by atoms with van der Waals surface area (Å²) in [6.07, 6.45) is 0.159. The Morgan fingerprint density at radius 2 is 1.93 bits per heavy atom. The maximum absolute atomic E-state index is 13.9. The zero-order valence-electron chi connectivity index (χ0n) is 23.2. The molecule has 4 atom stereocenters. The summed E-state index contributed by atoms with van der Waals surface area (Å²) in [5.41, 5.74) is 2.92. The van der Waals surface area contributed by atoms with Gasteiger partial charge in [-0.2, -0.15) is 0 Å². The molecule has 4 N–H and O–H groups in total. The van der Waals surface area contributed by atoms with E-state index in [0.29, 0.717) is 39.2 Å². The molecule has 0 radical (unpaired) electrons. The van der Waals surface area contributed by atoms with Crippen molar-refractivity contribution in [3.8, 4) is 11.5 Å². The van der Waals surface area contributed by atoms with Gasteiger partial charge in [0.15, 0.2) is 11.5 Å². The zero-order valence-corrected chi connectivity index (χ0v) is 25.4. The molecule has 0 spiro atoms. The lowest BCUT2D eigenvalue weighted by Crippen LogP contribution is -2.56. The molecule has 2 aromatic rings. The Labute approximate surface area is 253 Å². The number of nitrogens with zero attached hydrogens (tertiary/aromatic N) is 1. The van der Waals surface area contributed by atoms with Gasteiger partial charge < -0.3 is 39.7 Å². The van der Waals surface area contributed by atoms with Crippen LogP contribution in [0.4, 0.5) is 0 Å². The lowest BCUT2D eigenvalue weighted by molar-refractivity contribution is -0.149. The van der Waals surface area contributed by atoms with Crippen molar-refractivity contribution in [2.45, 2.75) is 63.7 Å². The molecule has 2 aliphatic rings. The number of benzene rings is 2. The number of ether oxygens (including phenoxy) is 3. The number of methoxy groups -OCH3 is 1. The van der Waals surface area contributed by atoms with Crippen LogP contribution in [0.5, 0.6) is 11.5 Å². The molecule has 1 unspecified atom stereocenters. The predicted octanol–water partition coefficient (Wildman–Crippen LogP) is 2.22. The molecule has 4 rings (SSSR count). The Morgan fingerprint density at radius 3 is 2.56 bits per heavy atom. The molecule has 2 aromatic carbocycles. The fourth-order valence-corrected chi connectivity index (χ4v) is 5.89. The largest absolute Gasteiger partial charge is 0.493 e. The molecule has 1 fully saturated rings. The Hall–Kier alpha value is -2.71. The summed E-state index contributed by atoms with van der Waals surface area (Å²) in [7, 11) is 1.48. The number of aliphatic hydroxyl groups is 3. The number of carbonyl (C=O) groups excluding carboxylic acids is 2. The summed E-state index contributed by atoms with van der Waals surface area (Å²) in [4.78, 5) is 28.6. The highest BCUT2D eigenvalue weighted by molar-refractivity contribution is 14.1. The number of hydrogen-bond acceptors (Lipinski definition) is 8. The molecule has 11 heteroatoms. The highest BCUT2D eigenvalue weighted by atomic mass is 127. The minimum atomic E-state index is -1.20. The molecule has 1 aliphatic heterocycles. The number of amides is 2. The molecule has 10 nitrogen and oxygen atoms in total. The lowest BCUT2D eigenvalue weighted by atomic mass is 9.87. The first-order valence-corrected chi connectivity index (χ1v) is 14.7. The van der Waals surface area contributed by atoms with Crippen molar-refractivity contribution in [2.75, 3.05) is 26.9 Å². The number of aliphatic hydroxyl groups excluding tert-OH is 3. The smallest absolute Gasteiger partial charge is 0.252 e. The van der Waals surface area contributed by atoms with Gasteiger partial charge in [0.05, 0.1) is 29.9 Å². The summed E-state index contributed by atoms with van der Waals surface area (Å²) in [5.74, 6) is 0.0443. The van der Waals surface area contributed by atoms with Crippen LogP contribution in [-0.2, 0) is 27.5 Å². The number of nitrogens with one attached hydrogen (secondary N) is 1. The number of rotatable bonds is 11. The molecule has 1 aliphatic carbocycles. The zero-order chi connectivity index (χ0) is 29.5. The van der Waals surface area contributed by atoms with Crippen molar-refractivity contribution in [3.63, 3.8) is 0 Å². The van der Waals surface area contributed by atoms with Gasteiger partial charge in [0.1, 0.15) is 18.3 Å². The van der Waals surface area contributed by atoms with E-state index in [-0.39, 0.29) is 38.6 Å². The summed E-state index contributed by atoms with van der Waals surface area (Å²) in [5, 5.41) is 33.3. The number of carbonyl (C=O) groups is 2. The maximum Gasteiger partial charge on any atom is 0.252 e. The minimum absolute atomic E-state index is 0.0607. The van der Waals surface area contributed by atoms with Gasteiger partial charge >= 0.3 is 0 Å². The van der Waals surface area contributed by atoms with Crippen LogP contribution in [0.2, 0.25) is 0 Å². The first-order valence-electron chi connectivity index (χ1n) is 13.6. The van der Waals surface area contributed by atoms with Gasteiger partial charge in [0.25, 0.3) is 5.91 Å². The second kappa shape index (κ2) is 14.5. The average molecular weight is 681 g/mol. The maximum atomic E-state index is 13.9. The van der Waals surface area contributed by atoms with E-state index in [1.807, 2.05) is 31.2 Å². The van der Waals surface area contributed by atoms with Crippen molar-refractivity contribution in [3.05, 3.63) is 68.3 Å². The Bertz CT molecular complexity index is 1250. The quantitative estimate of drug-likeness (QED) is 0.266. The predicted molar refractivity (Wildman–Crippen MR) is 159 cm³/mol. The van der Waals surface area contributed by atoms with Crippen LogP contribution in [0.15, 0.2) is 48.0 Å². The second-order valence-corrected chi connectivity index (χ2v) is 11.4. The van der Waals surface area contributed by atoms with Crippen molar-refractivity contribution in [1.29, 1.82) is 0 Å². The Balaban J connectivity index is 1.72. The van der Waals surface area contributed by atoms with E-state index in [1.54, 1.807) is 23.1 Å². The van der Waals surface area contributed by atoms with Crippen molar-refractivity contribution < 1.29 is 39.1 Å². The highest BCUT2D eigenvalue weighted by Crippen LogP contribution is 2.37. The average Bonchev–Trinajstić information content (AvgIpc) is 3.52. The Kier molecular flexibility index (Phi) is 11.0. The SMILES string of the molecule is COc1cc(CO)cc(I)c1O[C@H]1C=C(C(=O)NCCO)C[C@@H](N(Cc2ccc(C)cc2)C(=O)C2CCCO2)[C@@H]1O. The van der Waals surface area contributed by atoms with E-state index in [1.165, 1.54) is 7.11 Å². The third-order valence-electron chi connectivity index (χ3n) is 7.30. The molecule has 41 heavy (non-hydrogen) atoms. The van der Waals surface area contributed by atoms with Crippen LogP contribution in [0.25, 0.3) is 0 Å². The van der Waals surface area contributed by atoms with E-state index >= 15 is 0 Å². The van der Waals surface area contributed by atoms with Crippen LogP contribution in [-0.4, -0.2) is 83.3 Å². The molecule has 1 saturated heterocycles. The molecular weight excluding hydrogens is 643 g/mol. The van der Waals surface area contributed by atoms with Gasteiger partial charge in [-0.05, 0) is 71.7 Å². The summed E-state index contributed by atoms with van der Waals surface area (Å²) in [6, 6.07) is 10.4. The van der Waals surface area contributed by atoms with E-state index < -0.39 is 30.3 Å². The fraction of sp³-hybridized carbons (Fsp3) is 0.467. The minimum Gasteiger partial charge on any atom is -0.493 e. The van der Waals surface area contributed by atoms with Gasteiger partial charge in [-0.25, -0.2) is 0 Å². The Morgan fingerprint density at radius 1 is 1.17 bits per heavy atom. The van der Waals surface area contributed by atoms with Crippen LogP contribution in [0, 0.1) is 10.5 Å². The van der Waals surface area contributed by atoms with E-state index in [9.17, 15) is 24.9 Å². The van der Waals surface area contributed by atoms with Crippen molar-refractivity contribution >= 4 is 34.4 Å². The van der Waals surface area contributed by atoms with Crippen LogP contribution >= 0.6 is 22.6 Å². The van der Waals surface area contributed by atoms with Gasteiger partial charge in [-0.1, -0.05) is 29.8 Å². The molecule has 0 aromatic heterocycles. The number of hydrogen-bond donors (Lipinski definition) is 4. The molecule has 0 bridgehead atoms. The first kappa shape index (κ1) is 31.2. The van der Waals surface area contributed by atoms with E-state index in [0.717, 1.165) is 17.5 Å². The van der Waals surface area contributed by atoms with Gasteiger partial charge in [0, 0.05) is 31.7 Å². The van der Waals surface area contributed by atoms with Gasteiger partial charge in [-0.3, -0.25) is 9.59 Å². The highest BCUT2D eigenvalue weighted by Gasteiger charge is 2.43. The first-order chi connectivity index (χ1) is 19.7. The third-order valence-corrected chi connectivity index (χ3v) is 8.10. The van der Waals surface area contributed by atoms with Crippen molar-refractivity contribution in [2.24, 2.45) is 0 Å². The summed E-state index contributed by atoms with van der Waals surface area (Å²) >= 11 is 2.06. The molecule has 2 amide bonds. The van der Waals surface area contributed by atoms with Crippen LogP contribution in [0.3, 0.4) is 0 Å². The van der Waals surface area contributed by atoms with E-state index in [2.05, 4.69) is 27.9 Å². The second-order valence-electron chi connectivity index (χ2n) is 10.2. The fourth-order valence-electron chi connectivity index (χ4n) is 5.10. The number of aryl methyl sites for hydroxylation is 1. The standard InChI is InChI=1S/C30H37IN2O8/c1-18-5-7-19(8-6-18)16-33(30(38)24-4-3-11-40-24)23-14-21(29(37)32-9-10-34)15-25(27(23)36)41-28-22(31)12-20(17-35)13-26(28)39-2/h5-8,12-13,15,23-25,27,34-36H,3-4,9-11,14,16-17H2,1-2H3,(H,32,37)/t23-,24?,25+,27+/m1/s1. The van der Waals surface area contributed by atoms with Crippen molar-refractivity contribution in [1.82, 2.24) is 10.2 Å². The summed E-state index contributed by atoms with van der Waals surface area (Å²) in [6.45, 7) is 2.33. The topological polar surface area (TPSA) is 138 Å². The molecular formula is C30H37IN2O8. The summed E-state index contributed by atoms with van der Waals surface area (Å²) < 4.78 is 18.2. The molecule has 1 heterocycles.